The van der Waals surface area contributed by atoms with Gasteiger partial charge >= 0.3 is 0 Å². The van der Waals surface area contributed by atoms with Gasteiger partial charge in [0.15, 0.2) is 11.5 Å². The van der Waals surface area contributed by atoms with E-state index in [4.69, 9.17) is 18.6 Å². The quantitative estimate of drug-likeness (QED) is 0.648. The zero-order valence-electron chi connectivity index (χ0n) is 19.2. The second kappa shape index (κ2) is 10.4. The maximum Gasteiger partial charge on any atom is 0.256 e. The Morgan fingerprint density at radius 1 is 1.06 bits per heavy atom. The van der Waals surface area contributed by atoms with Crippen LogP contribution in [-0.2, 0) is 4.79 Å². The third-order valence-electron chi connectivity index (χ3n) is 6.23. The van der Waals surface area contributed by atoms with Crippen molar-refractivity contribution in [1.29, 1.82) is 0 Å². The molecule has 2 aliphatic rings. The molecule has 1 aliphatic carbocycles. The first-order valence-electron chi connectivity index (χ1n) is 11.1. The number of furan rings is 1. The summed E-state index contributed by atoms with van der Waals surface area (Å²) < 4.78 is 21.5. The fourth-order valence-electron chi connectivity index (χ4n) is 4.53. The molecule has 9 heteroatoms. The smallest absolute Gasteiger partial charge is 0.256 e. The van der Waals surface area contributed by atoms with Crippen LogP contribution in [0.2, 0.25) is 0 Å². The number of nitrogens with zero attached hydrogens (tertiary/aromatic N) is 1. The molecule has 8 nitrogen and oxygen atoms in total. The Morgan fingerprint density at radius 3 is 2.33 bits per heavy atom. The van der Waals surface area contributed by atoms with E-state index >= 15 is 0 Å². The summed E-state index contributed by atoms with van der Waals surface area (Å²) in [7, 11) is 4.53. The molecule has 1 saturated carbocycles. The van der Waals surface area contributed by atoms with Gasteiger partial charge in [-0.1, -0.05) is 19.3 Å². The fraction of sp³-hybridized carbons (Fsp3) is 0.500. The van der Waals surface area contributed by atoms with Crippen molar-refractivity contribution in [2.45, 2.75) is 49.6 Å². The number of rotatable bonds is 7. The van der Waals surface area contributed by atoms with Crippen molar-refractivity contribution in [2.24, 2.45) is 0 Å². The van der Waals surface area contributed by atoms with Crippen molar-refractivity contribution in [2.75, 3.05) is 27.1 Å². The van der Waals surface area contributed by atoms with E-state index in [2.05, 4.69) is 5.32 Å². The van der Waals surface area contributed by atoms with Crippen molar-refractivity contribution in [3.63, 3.8) is 0 Å². The summed E-state index contributed by atoms with van der Waals surface area (Å²) in [6, 6.07) is 4.64. The summed E-state index contributed by atoms with van der Waals surface area (Å²) in [4.78, 5) is 28.8. The normalized spacial score (nSPS) is 21.0. The molecule has 2 fully saturated rings. The van der Waals surface area contributed by atoms with Gasteiger partial charge in [-0.3, -0.25) is 9.59 Å². The van der Waals surface area contributed by atoms with Gasteiger partial charge in [0.1, 0.15) is 11.4 Å². The van der Waals surface area contributed by atoms with Gasteiger partial charge in [0.25, 0.3) is 5.91 Å². The first-order valence-corrected chi connectivity index (χ1v) is 12.2. The predicted octanol–water partition coefficient (Wildman–Crippen LogP) is 4.01. The van der Waals surface area contributed by atoms with Gasteiger partial charge in [-0.2, -0.15) is 0 Å². The fourth-order valence-corrected chi connectivity index (χ4v) is 5.93. The largest absolute Gasteiger partial charge is 0.493 e. The zero-order valence-corrected chi connectivity index (χ0v) is 20.0. The number of ether oxygens (including phenoxy) is 3. The Hall–Kier alpha value is -2.81. The van der Waals surface area contributed by atoms with Crippen LogP contribution in [-0.4, -0.2) is 55.9 Å². The second-order valence-electron chi connectivity index (χ2n) is 8.23. The molecule has 1 aromatic carbocycles. The second-order valence-corrected chi connectivity index (χ2v) is 9.34. The van der Waals surface area contributed by atoms with Crippen LogP contribution < -0.4 is 19.5 Å². The van der Waals surface area contributed by atoms with Gasteiger partial charge in [0.05, 0.1) is 33.9 Å². The molecule has 2 unspecified atom stereocenters. The first-order chi connectivity index (χ1) is 16.1. The van der Waals surface area contributed by atoms with E-state index < -0.39 is 6.04 Å². The highest BCUT2D eigenvalue weighted by Gasteiger charge is 2.43. The van der Waals surface area contributed by atoms with Crippen molar-refractivity contribution >= 4 is 23.6 Å². The summed E-state index contributed by atoms with van der Waals surface area (Å²) in [5.74, 6) is 1.29. The molecule has 33 heavy (non-hydrogen) atoms. The third-order valence-corrected chi connectivity index (χ3v) is 7.55. The molecule has 2 aromatic rings. The van der Waals surface area contributed by atoms with Gasteiger partial charge in [0, 0.05) is 22.9 Å². The van der Waals surface area contributed by atoms with Crippen LogP contribution >= 0.6 is 11.8 Å². The minimum atomic E-state index is -0.594. The summed E-state index contributed by atoms with van der Waals surface area (Å²) in [5, 5.41) is 2.85. The van der Waals surface area contributed by atoms with Crippen molar-refractivity contribution in [3.8, 4) is 17.2 Å². The van der Waals surface area contributed by atoms with E-state index in [1.54, 1.807) is 41.3 Å². The van der Waals surface area contributed by atoms with Crippen LogP contribution in [0, 0.1) is 0 Å². The number of hydrogen-bond acceptors (Lipinski definition) is 7. The Morgan fingerprint density at radius 2 is 1.76 bits per heavy atom. The molecule has 0 radical (unpaired) electrons. The van der Waals surface area contributed by atoms with Crippen LogP contribution in [0.3, 0.4) is 0 Å². The monoisotopic (exact) mass is 474 g/mol. The molecular formula is C24H30N2O6S. The number of nitrogens with one attached hydrogen (secondary N) is 1. The van der Waals surface area contributed by atoms with Crippen molar-refractivity contribution in [3.05, 3.63) is 41.9 Å². The van der Waals surface area contributed by atoms with Crippen molar-refractivity contribution in [1.82, 2.24) is 10.2 Å². The Labute approximate surface area is 197 Å². The van der Waals surface area contributed by atoms with Gasteiger partial charge in [-0.15, -0.1) is 11.8 Å². The van der Waals surface area contributed by atoms with E-state index in [-0.39, 0.29) is 23.2 Å². The zero-order chi connectivity index (χ0) is 23.4. The summed E-state index contributed by atoms with van der Waals surface area (Å²) in [6.07, 6.45) is 8.61. The molecule has 0 bridgehead atoms. The molecule has 178 valence electrons. The van der Waals surface area contributed by atoms with Crippen LogP contribution in [0.1, 0.15) is 53.4 Å². The minimum absolute atomic E-state index is 0.110. The molecule has 1 aromatic heterocycles. The molecule has 0 spiro atoms. The molecule has 2 atom stereocenters. The number of carbonyl (C=O) groups is 2. The number of methoxy groups -OCH3 is 3. The van der Waals surface area contributed by atoms with Gasteiger partial charge in [-0.05, 0) is 31.0 Å². The standard InChI is InChI=1S/C24H30N2O6S/c1-29-19-11-16(12-20(30-2)21(19)31-3)23(28)26-18(14-33-24(26)15-9-10-32-13-15)22(27)25-17-7-5-4-6-8-17/h9-13,17-18,24H,4-8,14H2,1-3H3,(H,25,27). The van der Waals surface area contributed by atoms with Crippen LogP contribution in [0.25, 0.3) is 0 Å². The van der Waals surface area contributed by atoms with Gasteiger partial charge in [0.2, 0.25) is 11.7 Å². The molecule has 1 aliphatic heterocycles. The number of hydrogen-bond donors (Lipinski definition) is 1. The lowest BCUT2D eigenvalue weighted by molar-refractivity contribution is -0.125. The van der Waals surface area contributed by atoms with E-state index in [1.807, 2.05) is 6.07 Å². The van der Waals surface area contributed by atoms with Crippen LogP contribution in [0.4, 0.5) is 0 Å². The topological polar surface area (TPSA) is 90.2 Å². The van der Waals surface area contributed by atoms with E-state index in [9.17, 15) is 9.59 Å². The van der Waals surface area contributed by atoms with Crippen LogP contribution in [0.5, 0.6) is 17.2 Å². The lowest BCUT2D eigenvalue weighted by atomic mass is 9.95. The number of carbonyl (C=O) groups excluding carboxylic acids is 2. The van der Waals surface area contributed by atoms with Gasteiger partial charge < -0.3 is 28.8 Å². The summed E-state index contributed by atoms with van der Waals surface area (Å²) in [5.41, 5.74) is 1.20. The molecule has 2 amide bonds. The number of benzene rings is 1. The third kappa shape index (κ3) is 4.78. The first kappa shape index (κ1) is 23.4. The lowest BCUT2D eigenvalue weighted by Crippen LogP contribution is -2.50. The molecule has 1 N–H and O–H groups in total. The van der Waals surface area contributed by atoms with Crippen LogP contribution in [0.15, 0.2) is 35.1 Å². The molecule has 2 heterocycles. The number of thioether (sulfide) groups is 1. The number of amides is 2. The predicted molar refractivity (Wildman–Crippen MR) is 125 cm³/mol. The maximum atomic E-state index is 13.8. The highest BCUT2D eigenvalue weighted by Crippen LogP contribution is 2.44. The summed E-state index contributed by atoms with van der Waals surface area (Å²) >= 11 is 1.55. The van der Waals surface area contributed by atoms with E-state index in [1.165, 1.54) is 27.8 Å². The Kier molecular flexibility index (Phi) is 7.37. The van der Waals surface area contributed by atoms with E-state index in [0.717, 1.165) is 31.2 Å². The molecule has 1 saturated heterocycles. The molecular weight excluding hydrogens is 444 g/mol. The van der Waals surface area contributed by atoms with Crippen molar-refractivity contribution < 1.29 is 28.2 Å². The van der Waals surface area contributed by atoms with E-state index in [0.29, 0.717) is 28.6 Å². The van der Waals surface area contributed by atoms with Gasteiger partial charge in [-0.25, -0.2) is 0 Å². The Bertz CT molecular complexity index is 948. The molecule has 4 rings (SSSR count). The lowest BCUT2D eigenvalue weighted by Gasteiger charge is -2.31. The average molecular weight is 475 g/mol. The summed E-state index contributed by atoms with van der Waals surface area (Å²) in [6.45, 7) is 0. The highest BCUT2D eigenvalue weighted by atomic mass is 32.2. The SMILES string of the molecule is COc1cc(C(=O)N2C(C(=O)NC3CCCCC3)CSC2c2ccoc2)cc(OC)c1OC. The average Bonchev–Trinajstić information content (AvgIpc) is 3.53. The highest BCUT2D eigenvalue weighted by molar-refractivity contribution is 7.99. The minimum Gasteiger partial charge on any atom is -0.493 e. The Balaban J connectivity index is 1.66. The maximum absolute atomic E-state index is 13.8.